The topological polar surface area (TPSA) is 102 Å². The van der Waals surface area contributed by atoms with E-state index in [4.69, 9.17) is 4.74 Å². The molecule has 0 saturated carbocycles. The Morgan fingerprint density at radius 3 is 2.28 bits per heavy atom. The summed E-state index contributed by atoms with van der Waals surface area (Å²) in [5, 5.41) is 2.65. The zero-order chi connectivity index (χ0) is 21.6. The number of rotatable bonds is 8. The third-order valence-electron chi connectivity index (χ3n) is 4.36. The van der Waals surface area contributed by atoms with Gasteiger partial charge in [-0.2, -0.15) is 0 Å². The van der Waals surface area contributed by atoms with Gasteiger partial charge in [0.25, 0.3) is 15.9 Å². The number of anilines is 1. The smallest absolute Gasteiger partial charge is 0.338 e. The van der Waals surface area contributed by atoms with Gasteiger partial charge in [0.15, 0.2) is 6.10 Å². The summed E-state index contributed by atoms with van der Waals surface area (Å²) < 4.78 is 32.7. The van der Waals surface area contributed by atoms with Crippen LogP contribution in [0.25, 0.3) is 0 Å². The lowest BCUT2D eigenvalue weighted by Gasteiger charge is -2.13. The normalized spacial score (nSPS) is 12.1. The Hall–Kier alpha value is -2.87. The lowest BCUT2D eigenvalue weighted by molar-refractivity contribution is -0.129. The quantitative estimate of drug-likeness (QED) is 0.641. The van der Waals surface area contributed by atoms with E-state index in [-0.39, 0.29) is 16.4 Å². The molecule has 0 fully saturated rings. The van der Waals surface area contributed by atoms with Crippen molar-refractivity contribution in [1.29, 1.82) is 0 Å². The molecule has 7 nitrogen and oxygen atoms in total. The maximum Gasteiger partial charge on any atom is 0.338 e. The number of hydrogen-bond donors (Lipinski definition) is 2. The van der Waals surface area contributed by atoms with Gasteiger partial charge >= 0.3 is 5.97 Å². The standard InChI is InChI=1S/C21H26N2O5S/c1-5-12-22-20(24)16(4)28-21(25)17-7-9-18(10-8-17)23-29(26,27)19-11-6-14(2)15(3)13-19/h6-11,13,16,23H,5,12H2,1-4H3,(H,22,24)/t16-/m0/s1. The average molecular weight is 419 g/mol. The summed E-state index contributed by atoms with van der Waals surface area (Å²) in [6, 6.07) is 10.7. The van der Waals surface area contributed by atoms with Crippen molar-refractivity contribution in [3.63, 3.8) is 0 Å². The summed E-state index contributed by atoms with van der Waals surface area (Å²) >= 11 is 0. The zero-order valence-corrected chi connectivity index (χ0v) is 17.8. The summed E-state index contributed by atoms with van der Waals surface area (Å²) in [7, 11) is -3.74. The van der Waals surface area contributed by atoms with E-state index in [2.05, 4.69) is 10.0 Å². The molecule has 0 aliphatic heterocycles. The van der Waals surface area contributed by atoms with Gasteiger partial charge in [-0.05, 0) is 74.7 Å². The van der Waals surface area contributed by atoms with Gasteiger partial charge in [0.2, 0.25) is 0 Å². The van der Waals surface area contributed by atoms with Crippen LogP contribution in [0.15, 0.2) is 47.4 Å². The Labute approximate surface area is 171 Å². The van der Waals surface area contributed by atoms with E-state index < -0.39 is 22.1 Å². The van der Waals surface area contributed by atoms with E-state index in [1.807, 2.05) is 20.8 Å². The Kier molecular flexibility index (Phi) is 7.39. The number of carbonyl (C=O) groups is 2. The summed E-state index contributed by atoms with van der Waals surface area (Å²) in [4.78, 5) is 24.1. The number of sulfonamides is 1. The first-order valence-corrected chi connectivity index (χ1v) is 10.8. The molecule has 0 aliphatic rings. The molecular weight excluding hydrogens is 392 g/mol. The van der Waals surface area contributed by atoms with Crippen LogP contribution in [-0.4, -0.2) is 32.9 Å². The Bertz CT molecular complexity index is 985. The number of carbonyl (C=O) groups excluding carboxylic acids is 2. The first-order chi connectivity index (χ1) is 13.6. The monoisotopic (exact) mass is 418 g/mol. The van der Waals surface area contributed by atoms with Crippen LogP contribution in [0.3, 0.4) is 0 Å². The molecule has 0 radical (unpaired) electrons. The first kappa shape index (κ1) is 22.4. The number of hydrogen-bond acceptors (Lipinski definition) is 5. The third-order valence-corrected chi connectivity index (χ3v) is 5.74. The number of amides is 1. The number of benzene rings is 2. The van der Waals surface area contributed by atoms with Crippen LogP contribution >= 0.6 is 0 Å². The van der Waals surface area contributed by atoms with E-state index >= 15 is 0 Å². The molecule has 0 spiro atoms. The van der Waals surface area contributed by atoms with Crippen LogP contribution in [0.1, 0.15) is 41.8 Å². The van der Waals surface area contributed by atoms with Gasteiger partial charge in [-0.1, -0.05) is 13.0 Å². The van der Waals surface area contributed by atoms with Gasteiger partial charge in [0.05, 0.1) is 10.5 Å². The molecule has 2 N–H and O–H groups in total. The van der Waals surface area contributed by atoms with Crippen LogP contribution in [0, 0.1) is 13.8 Å². The van der Waals surface area contributed by atoms with Crippen LogP contribution in [0.2, 0.25) is 0 Å². The zero-order valence-electron chi connectivity index (χ0n) is 17.0. The second-order valence-electron chi connectivity index (χ2n) is 6.77. The van der Waals surface area contributed by atoms with Gasteiger partial charge in [0, 0.05) is 12.2 Å². The minimum Gasteiger partial charge on any atom is -0.449 e. The highest BCUT2D eigenvalue weighted by Gasteiger charge is 2.19. The number of aryl methyl sites for hydroxylation is 2. The predicted molar refractivity (Wildman–Crippen MR) is 111 cm³/mol. The van der Waals surface area contributed by atoms with E-state index in [1.54, 1.807) is 18.2 Å². The minimum absolute atomic E-state index is 0.163. The molecule has 0 unspecified atom stereocenters. The van der Waals surface area contributed by atoms with Crippen molar-refractivity contribution in [3.8, 4) is 0 Å². The van der Waals surface area contributed by atoms with E-state index in [0.29, 0.717) is 12.2 Å². The molecule has 29 heavy (non-hydrogen) atoms. The first-order valence-electron chi connectivity index (χ1n) is 9.33. The van der Waals surface area contributed by atoms with Crippen molar-refractivity contribution in [3.05, 3.63) is 59.2 Å². The largest absolute Gasteiger partial charge is 0.449 e. The molecule has 156 valence electrons. The molecule has 2 rings (SSSR count). The predicted octanol–water partition coefficient (Wildman–Crippen LogP) is 3.18. The molecule has 0 bridgehead atoms. The minimum atomic E-state index is -3.74. The SMILES string of the molecule is CCCNC(=O)[C@H](C)OC(=O)c1ccc(NS(=O)(=O)c2ccc(C)c(C)c2)cc1. The van der Waals surface area contributed by atoms with Gasteiger partial charge in [0.1, 0.15) is 0 Å². The molecule has 8 heteroatoms. The summed E-state index contributed by atoms with van der Waals surface area (Å²) in [5.41, 5.74) is 2.41. The highest BCUT2D eigenvalue weighted by Crippen LogP contribution is 2.19. The molecule has 0 saturated heterocycles. The number of esters is 1. The van der Waals surface area contributed by atoms with Crippen LogP contribution in [0.5, 0.6) is 0 Å². The fourth-order valence-electron chi connectivity index (χ4n) is 2.44. The van der Waals surface area contributed by atoms with Gasteiger partial charge in [-0.15, -0.1) is 0 Å². The molecule has 0 aromatic heterocycles. The van der Waals surface area contributed by atoms with Crippen LogP contribution in [-0.2, 0) is 19.6 Å². The van der Waals surface area contributed by atoms with E-state index in [0.717, 1.165) is 17.5 Å². The van der Waals surface area contributed by atoms with Crippen molar-refractivity contribution >= 4 is 27.6 Å². The summed E-state index contributed by atoms with van der Waals surface area (Å²) in [5.74, 6) is -1.02. The maximum atomic E-state index is 12.5. The second kappa shape index (κ2) is 9.56. The molecule has 0 heterocycles. The van der Waals surface area contributed by atoms with Crippen molar-refractivity contribution in [2.75, 3.05) is 11.3 Å². The van der Waals surface area contributed by atoms with Crippen molar-refractivity contribution in [1.82, 2.24) is 5.32 Å². The highest BCUT2D eigenvalue weighted by molar-refractivity contribution is 7.92. The molecule has 2 aromatic carbocycles. The number of nitrogens with one attached hydrogen (secondary N) is 2. The van der Waals surface area contributed by atoms with Crippen molar-refractivity contribution in [2.24, 2.45) is 0 Å². The molecule has 0 aliphatic carbocycles. The lowest BCUT2D eigenvalue weighted by Crippen LogP contribution is -2.36. The lowest BCUT2D eigenvalue weighted by atomic mass is 10.1. The van der Waals surface area contributed by atoms with Crippen LogP contribution < -0.4 is 10.0 Å². The third kappa shape index (κ3) is 6.05. The van der Waals surface area contributed by atoms with Crippen molar-refractivity contribution in [2.45, 2.75) is 45.1 Å². The fourth-order valence-corrected chi connectivity index (χ4v) is 3.59. The molecule has 1 atom stereocenters. The highest BCUT2D eigenvalue weighted by atomic mass is 32.2. The second-order valence-corrected chi connectivity index (χ2v) is 8.45. The Morgan fingerprint density at radius 2 is 1.69 bits per heavy atom. The van der Waals surface area contributed by atoms with Crippen molar-refractivity contribution < 1.29 is 22.7 Å². The molecular formula is C21H26N2O5S. The Morgan fingerprint density at radius 1 is 1.03 bits per heavy atom. The Balaban J connectivity index is 2.05. The van der Waals surface area contributed by atoms with Crippen LogP contribution in [0.4, 0.5) is 5.69 Å². The number of ether oxygens (including phenoxy) is 1. The summed E-state index contributed by atoms with van der Waals surface area (Å²) in [6.07, 6.45) is -0.136. The molecule has 2 aromatic rings. The van der Waals surface area contributed by atoms with E-state index in [9.17, 15) is 18.0 Å². The maximum absolute atomic E-state index is 12.5. The van der Waals surface area contributed by atoms with Gasteiger partial charge in [-0.25, -0.2) is 13.2 Å². The molecule has 1 amide bonds. The van der Waals surface area contributed by atoms with Gasteiger partial charge in [-0.3, -0.25) is 9.52 Å². The average Bonchev–Trinajstić information content (AvgIpc) is 2.68. The van der Waals surface area contributed by atoms with Gasteiger partial charge < -0.3 is 10.1 Å². The van der Waals surface area contributed by atoms with E-state index in [1.165, 1.54) is 31.2 Å². The summed E-state index contributed by atoms with van der Waals surface area (Å²) in [6.45, 7) is 7.68. The fraction of sp³-hybridized carbons (Fsp3) is 0.333.